The molecule has 5 bridgehead atoms. The van der Waals surface area contributed by atoms with Gasteiger partial charge in [0.05, 0.1) is 0 Å². The van der Waals surface area contributed by atoms with Gasteiger partial charge in [-0.15, -0.1) is 5.73 Å². The Hall–Kier alpha value is -1.35. The maximum absolute atomic E-state index is 13.8. The van der Waals surface area contributed by atoms with Crippen molar-refractivity contribution in [2.75, 3.05) is 0 Å². The number of hydrogen-bond acceptors (Lipinski definition) is 2. The average molecular weight is 577 g/mol. The predicted molar refractivity (Wildman–Crippen MR) is 166 cm³/mol. The van der Waals surface area contributed by atoms with Crippen molar-refractivity contribution >= 4 is 10.1 Å². The van der Waals surface area contributed by atoms with Crippen LogP contribution in [0.15, 0.2) is 34.9 Å². The van der Waals surface area contributed by atoms with E-state index in [2.05, 4.69) is 37.8 Å². The van der Waals surface area contributed by atoms with Gasteiger partial charge in [0, 0.05) is 5.41 Å². The molecule has 3 nitrogen and oxygen atoms in total. The van der Waals surface area contributed by atoms with Crippen LogP contribution in [0.1, 0.15) is 147 Å². The van der Waals surface area contributed by atoms with Gasteiger partial charge in [-0.1, -0.05) is 58.1 Å². The molecule has 0 radical (unpaired) electrons. The summed E-state index contributed by atoms with van der Waals surface area (Å²) in [5.41, 5.74) is 7.03. The van der Waals surface area contributed by atoms with Gasteiger partial charge in [0.15, 0.2) is 0 Å². The fraction of sp³-hybridized carbons (Fsp3) is 0.757. The zero-order chi connectivity index (χ0) is 28.7. The predicted octanol–water partition coefficient (Wildman–Crippen LogP) is 9.58. The lowest BCUT2D eigenvalue weighted by molar-refractivity contribution is 0.214. The van der Waals surface area contributed by atoms with E-state index in [9.17, 15) is 13.0 Å². The van der Waals surface area contributed by atoms with Crippen LogP contribution in [0.5, 0.6) is 0 Å². The molecule has 1 aromatic carbocycles. The van der Waals surface area contributed by atoms with Crippen molar-refractivity contribution in [3.8, 4) is 0 Å². The van der Waals surface area contributed by atoms with Crippen LogP contribution in [0.4, 0.5) is 0 Å². The summed E-state index contributed by atoms with van der Waals surface area (Å²) in [6.07, 6.45) is 24.1. The Kier molecular flexibility index (Phi) is 6.82. The summed E-state index contributed by atoms with van der Waals surface area (Å²) < 4.78 is 38.7. The largest absolute Gasteiger partial charge is 0.295 e. The highest BCUT2D eigenvalue weighted by Crippen LogP contribution is 2.75. The van der Waals surface area contributed by atoms with Crippen molar-refractivity contribution in [1.82, 2.24) is 0 Å². The van der Waals surface area contributed by atoms with Gasteiger partial charge in [-0.2, -0.15) is 8.42 Å². The fourth-order valence-electron chi connectivity index (χ4n) is 12.1. The first-order valence-corrected chi connectivity index (χ1v) is 18.6. The van der Waals surface area contributed by atoms with Gasteiger partial charge in [-0.05, 0) is 153 Å². The van der Waals surface area contributed by atoms with Crippen molar-refractivity contribution in [1.29, 1.82) is 0 Å². The SMILES string of the molecule is CC=C=CCC(CC)(CCC)c1cc(C23CCCC4(CC4C2)C3)cc(C23CC4CCCC(C2)[C@H](C4)C3)c1S(=O)(=O)O. The minimum absolute atomic E-state index is 0.107. The lowest BCUT2D eigenvalue weighted by Gasteiger charge is -2.44. The topological polar surface area (TPSA) is 54.4 Å². The van der Waals surface area contributed by atoms with E-state index in [0.717, 1.165) is 67.9 Å². The minimum atomic E-state index is -4.42. The molecule has 7 unspecified atom stereocenters. The van der Waals surface area contributed by atoms with Crippen molar-refractivity contribution in [2.45, 2.75) is 151 Å². The molecule has 0 aliphatic heterocycles. The van der Waals surface area contributed by atoms with Gasteiger partial charge in [0.2, 0.25) is 0 Å². The van der Waals surface area contributed by atoms with E-state index in [-0.39, 0.29) is 16.2 Å². The second kappa shape index (κ2) is 9.83. The molecular weight excluding hydrogens is 524 g/mol. The van der Waals surface area contributed by atoms with E-state index in [4.69, 9.17) is 0 Å². The van der Waals surface area contributed by atoms with Crippen LogP contribution >= 0.6 is 0 Å². The maximum Gasteiger partial charge on any atom is 0.295 e. The van der Waals surface area contributed by atoms with Crippen LogP contribution in [0.3, 0.4) is 0 Å². The van der Waals surface area contributed by atoms with Gasteiger partial charge in [-0.3, -0.25) is 4.55 Å². The van der Waals surface area contributed by atoms with Crippen LogP contribution in [0.2, 0.25) is 0 Å². The number of benzene rings is 1. The summed E-state index contributed by atoms with van der Waals surface area (Å²) in [5.74, 6) is 2.99. The molecule has 1 aromatic rings. The summed E-state index contributed by atoms with van der Waals surface area (Å²) in [6, 6.07) is 4.74. The molecule has 0 heterocycles. The summed E-state index contributed by atoms with van der Waals surface area (Å²) in [4.78, 5) is 0.316. The van der Waals surface area contributed by atoms with Crippen LogP contribution in [0.25, 0.3) is 0 Å². The molecule has 0 aromatic heterocycles. The molecule has 0 saturated heterocycles. The maximum atomic E-state index is 13.8. The summed E-state index contributed by atoms with van der Waals surface area (Å²) in [7, 11) is -4.42. The van der Waals surface area contributed by atoms with Crippen LogP contribution in [-0.2, 0) is 26.4 Å². The molecule has 8 atom stereocenters. The molecule has 224 valence electrons. The third-order valence-electron chi connectivity index (χ3n) is 13.8. The first-order chi connectivity index (χ1) is 19.6. The number of hydrogen-bond donors (Lipinski definition) is 1. The first-order valence-electron chi connectivity index (χ1n) is 17.1. The summed E-state index contributed by atoms with van der Waals surface area (Å²) >= 11 is 0. The molecule has 1 N–H and O–H groups in total. The fourth-order valence-corrected chi connectivity index (χ4v) is 13.2. The normalized spacial score (nSPS) is 39.9. The van der Waals surface area contributed by atoms with E-state index >= 15 is 0 Å². The Labute approximate surface area is 249 Å². The third-order valence-corrected chi connectivity index (χ3v) is 14.7. The molecule has 6 aliphatic carbocycles. The molecular formula is C37H52O3S. The van der Waals surface area contributed by atoms with E-state index in [1.54, 1.807) is 0 Å². The summed E-state index contributed by atoms with van der Waals surface area (Å²) in [6.45, 7) is 6.44. The number of fused-ring (bicyclic) bond motifs is 3. The average Bonchev–Trinajstić information content (AvgIpc) is 3.45. The molecule has 41 heavy (non-hydrogen) atoms. The van der Waals surface area contributed by atoms with Crippen molar-refractivity contribution in [3.63, 3.8) is 0 Å². The van der Waals surface area contributed by atoms with Gasteiger partial charge in [0.25, 0.3) is 10.1 Å². The molecule has 7 rings (SSSR count). The lowest BCUT2D eigenvalue weighted by atomic mass is 9.61. The Balaban J connectivity index is 1.49. The molecule has 6 fully saturated rings. The van der Waals surface area contributed by atoms with Gasteiger partial charge >= 0.3 is 0 Å². The second-order valence-corrected chi connectivity index (χ2v) is 17.2. The smallest absolute Gasteiger partial charge is 0.282 e. The van der Waals surface area contributed by atoms with E-state index in [1.807, 2.05) is 13.0 Å². The van der Waals surface area contributed by atoms with Gasteiger partial charge in [0.1, 0.15) is 4.90 Å². The minimum Gasteiger partial charge on any atom is -0.282 e. The summed E-state index contributed by atoms with van der Waals surface area (Å²) in [5, 5.41) is 0. The molecule has 0 amide bonds. The second-order valence-electron chi connectivity index (χ2n) is 15.8. The van der Waals surface area contributed by atoms with Crippen LogP contribution in [0, 0.1) is 29.1 Å². The molecule has 6 aliphatic rings. The highest BCUT2D eigenvalue weighted by atomic mass is 32.2. The lowest BCUT2D eigenvalue weighted by Crippen LogP contribution is -2.37. The zero-order valence-corrected chi connectivity index (χ0v) is 26.6. The van der Waals surface area contributed by atoms with Crippen LogP contribution in [-0.4, -0.2) is 13.0 Å². The van der Waals surface area contributed by atoms with E-state index in [0.29, 0.717) is 22.1 Å². The molecule has 6 saturated carbocycles. The zero-order valence-electron chi connectivity index (χ0n) is 25.8. The van der Waals surface area contributed by atoms with Crippen molar-refractivity contribution < 1.29 is 13.0 Å². The Morgan fingerprint density at radius 3 is 2.61 bits per heavy atom. The quantitative estimate of drug-likeness (QED) is 0.235. The number of allylic oxidation sites excluding steroid dienone is 1. The Morgan fingerprint density at radius 1 is 1.02 bits per heavy atom. The highest BCUT2D eigenvalue weighted by molar-refractivity contribution is 7.86. The standard InChI is InChI=1S/C37H52O3S/c1-4-7-8-14-34(6-3,13-5-2)31-18-29(35-15-10-16-36(25-35)24-30(36)23-35)19-32(33(31)41(38,39)40)37-20-26-11-9-12-27(21-37)28(17-26)22-37/h4,8,18-19,26-28,30H,5-6,9-17,20-25H2,1-3H3,(H,38,39,40)/t7?,26?,27?,28-,30?,34?,35?,36?,37?/m1/s1. The van der Waals surface area contributed by atoms with Gasteiger partial charge in [-0.25, -0.2) is 0 Å². The Bertz CT molecular complexity index is 1380. The molecule has 4 heteroatoms. The van der Waals surface area contributed by atoms with Crippen molar-refractivity contribution in [3.05, 3.63) is 46.7 Å². The Morgan fingerprint density at radius 2 is 1.85 bits per heavy atom. The highest BCUT2D eigenvalue weighted by Gasteiger charge is 2.67. The monoisotopic (exact) mass is 576 g/mol. The number of rotatable bonds is 9. The third kappa shape index (κ3) is 4.40. The van der Waals surface area contributed by atoms with Crippen molar-refractivity contribution in [2.24, 2.45) is 29.1 Å². The van der Waals surface area contributed by atoms with Gasteiger partial charge < -0.3 is 0 Å². The van der Waals surface area contributed by atoms with E-state index < -0.39 is 10.1 Å². The molecule has 1 spiro atoms. The first kappa shape index (κ1) is 28.4. The van der Waals surface area contributed by atoms with Crippen LogP contribution < -0.4 is 0 Å². The van der Waals surface area contributed by atoms with E-state index in [1.165, 1.54) is 69.8 Å².